The Bertz CT molecular complexity index is 667. The number of aromatic amines is 2. The van der Waals surface area contributed by atoms with Gasteiger partial charge in [-0.05, 0) is 25.0 Å². The van der Waals surface area contributed by atoms with Gasteiger partial charge in [0.25, 0.3) is 0 Å². The smallest absolute Gasteiger partial charge is 0.329 e. The van der Waals surface area contributed by atoms with E-state index in [4.69, 9.17) is 0 Å². The van der Waals surface area contributed by atoms with Crippen LogP contribution in [0, 0.1) is 24.0 Å². The van der Waals surface area contributed by atoms with Crippen molar-refractivity contribution in [3.8, 4) is 0 Å². The van der Waals surface area contributed by atoms with E-state index in [1.54, 1.807) is 19.2 Å². The van der Waals surface area contributed by atoms with Gasteiger partial charge in [0, 0.05) is 24.5 Å². The molecule has 0 unspecified atom stereocenters. The molecule has 0 fully saturated rings. The molecule has 2 N–H and O–H groups in total. The molecule has 0 saturated heterocycles. The molecule has 2 heterocycles. The number of hydrogen-bond acceptors (Lipinski definition) is 4. The number of nitro groups is 1. The zero-order chi connectivity index (χ0) is 14.4. The van der Waals surface area contributed by atoms with E-state index in [1.807, 2.05) is 6.92 Å². The van der Waals surface area contributed by atoms with Crippen LogP contribution in [0.2, 0.25) is 0 Å². The molecule has 0 saturated carbocycles. The molecule has 100 valence electrons. The molecule has 7 nitrogen and oxygen atoms in total. The molecule has 2 aromatic rings. The molecule has 0 amide bonds. The molecule has 0 aliphatic heterocycles. The maximum Gasteiger partial charge on any atom is 0.334 e. The van der Waals surface area contributed by atoms with Crippen LogP contribution in [-0.2, 0) is 0 Å². The number of rotatable bonds is 1. The van der Waals surface area contributed by atoms with E-state index >= 15 is 0 Å². The molecule has 2 rings (SSSR count). The molecule has 2 aromatic heterocycles. The summed E-state index contributed by atoms with van der Waals surface area (Å²) in [5, 5.41) is 10.2. The lowest BCUT2D eigenvalue weighted by Crippen LogP contribution is -2.10. The van der Waals surface area contributed by atoms with Crippen molar-refractivity contribution < 1.29 is 4.92 Å². The van der Waals surface area contributed by atoms with Crippen molar-refractivity contribution in [1.29, 1.82) is 0 Å². The average molecular weight is 263 g/mol. The maximum absolute atomic E-state index is 10.7. The van der Waals surface area contributed by atoms with Gasteiger partial charge in [-0.15, -0.1) is 0 Å². The number of aryl methyl sites for hydroxylation is 2. The lowest BCUT2D eigenvalue weighted by atomic mass is 10.3. The summed E-state index contributed by atoms with van der Waals surface area (Å²) in [6.07, 6.45) is 3.11. The van der Waals surface area contributed by atoms with Crippen molar-refractivity contribution in [3.05, 3.63) is 72.5 Å². The van der Waals surface area contributed by atoms with E-state index in [2.05, 4.69) is 9.97 Å². The third-order valence-electron chi connectivity index (χ3n) is 2.16. The van der Waals surface area contributed by atoms with Crippen LogP contribution in [0.5, 0.6) is 0 Å². The predicted molar refractivity (Wildman–Crippen MR) is 70.3 cm³/mol. The first-order valence-electron chi connectivity index (χ1n) is 5.39. The number of aromatic nitrogens is 2. The van der Waals surface area contributed by atoms with Crippen LogP contribution < -0.4 is 11.1 Å². The van der Waals surface area contributed by atoms with Crippen molar-refractivity contribution in [1.82, 2.24) is 9.97 Å². The minimum Gasteiger partial charge on any atom is -0.329 e. The summed E-state index contributed by atoms with van der Waals surface area (Å²) in [4.78, 5) is 35.3. The van der Waals surface area contributed by atoms with Gasteiger partial charge in [-0.3, -0.25) is 19.7 Å². The standard InChI is InChI=1S/C6H6N2O3.C6H7NO/c1-4-2-5(8(10)11)6(9)7-3-4;1-5-2-3-6(8)7-4-5/h2-3H,1H3,(H,7,9);2-4H,1H3,(H,7,8). The van der Waals surface area contributed by atoms with Crippen LogP contribution in [0.1, 0.15) is 11.1 Å². The highest BCUT2D eigenvalue weighted by Crippen LogP contribution is 2.03. The van der Waals surface area contributed by atoms with Gasteiger partial charge in [0.05, 0.1) is 4.92 Å². The Hall–Kier alpha value is -2.70. The van der Waals surface area contributed by atoms with E-state index in [9.17, 15) is 19.7 Å². The number of nitrogens with one attached hydrogen (secondary N) is 2. The Balaban J connectivity index is 0.000000200. The van der Waals surface area contributed by atoms with Crippen LogP contribution in [0.15, 0.2) is 40.2 Å². The highest BCUT2D eigenvalue weighted by Gasteiger charge is 2.10. The number of hydrogen-bond donors (Lipinski definition) is 2. The average Bonchev–Trinajstić information content (AvgIpc) is 2.36. The van der Waals surface area contributed by atoms with Crippen LogP contribution in [0.4, 0.5) is 5.69 Å². The van der Waals surface area contributed by atoms with Crippen molar-refractivity contribution in [3.63, 3.8) is 0 Å². The Morgan fingerprint density at radius 3 is 2.11 bits per heavy atom. The largest absolute Gasteiger partial charge is 0.334 e. The SMILES string of the molecule is Cc1c[nH]c(=O)c([N+](=O)[O-])c1.Cc1ccc(=O)[nH]c1. The maximum atomic E-state index is 10.7. The molecule has 0 radical (unpaired) electrons. The van der Waals surface area contributed by atoms with E-state index in [0.717, 1.165) is 5.56 Å². The van der Waals surface area contributed by atoms with Gasteiger partial charge in [0.15, 0.2) is 0 Å². The molecule has 0 aromatic carbocycles. The van der Waals surface area contributed by atoms with Gasteiger partial charge in [-0.1, -0.05) is 6.07 Å². The van der Waals surface area contributed by atoms with Crippen LogP contribution in [0.3, 0.4) is 0 Å². The second-order valence-electron chi connectivity index (χ2n) is 3.88. The first-order valence-corrected chi connectivity index (χ1v) is 5.39. The van der Waals surface area contributed by atoms with E-state index in [1.165, 1.54) is 18.3 Å². The van der Waals surface area contributed by atoms with Crippen LogP contribution >= 0.6 is 0 Å². The molecule has 0 atom stereocenters. The van der Waals surface area contributed by atoms with Gasteiger partial charge < -0.3 is 9.97 Å². The predicted octanol–water partition coefficient (Wildman–Crippen LogP) is 1.27. The molecule has 7 heteroatoms. The van der Waals surface area contributed by atoms with Gasteiger partial charge in [-0.25, -0.2) is 0 Å². The number of H-pyrrole nitrogens is 2. The second kappa shape index (κ2) is 6.29. The molecule has 0 spiro atoms. The highest BCUT2D eigenvalue weighted by atomic mass is 16.6. The molecule has 19 heavy (non-hydrogen) atoms. The highest BCUT2D eigenvalue weighted by molar-refractivity contribution is 5.28. The van der Waals surface area contributed by atoms with E-state index in [-0.39, 0.29) is 5.56 Å². The monoisotopic (exact) mass is 263 g/mol. The summed E-state index contributed by atoms with van der Waals surface area (Å²) >= 11 is 0. The fourth-order valence-corrected chi connectivity index (χ4v) is 1.20. The first-order chi connectivity index (χ1) is 8.90. The van der Waals surface area contributed by atoms with Crippen LogP contribution in [0.25, 0.3) is 0 Å². The van der Waals surface area contributed by atoms with Crippen molar-refractivity contribution in [2.75, 3.05) is 0 Å². The van der Waals surface area contributed by atoms with Gasteiger partial charge >= 0.3 is 11.2 Å². The normalized spacial score (nSPS) is 9.37. The Kier molecular flexibility index (Phi) is 4.76. The summed E-state index contributed by atoms with van der Waals surface area (Å²) < 4.78 is 0. The Morgan fingerprint density at radius 1 is 1.05 bits per heavy atom. The first kappa shape index (κ1) is 14.4. The molecular formula is C12H13N3O4. The quantitative estimate of drug-likeness (QED) is 0.596. The second-order valence-corrected chi connectivity index (χ2v) is 3.88. The summed E-state index contributed by atoms with van der Waals surface area (Å²) in [5.41, 5.74) is 0.613. The molecule has 0 aliphatic carbocycles. The van der Waals surface area contributed by atoms with Gasteiger partial charge in [0.2, 0.25) is 5.56 Å². The zero-order valence-corrected chi connectivity index (χ0v) is 10.5. The zero-order valence-electron chi connectivity index (χ0n) is 10.5. The topological polar surface area (TPSA) is 109 Å². The van der Waals surface area contributed by atoms with Crippen molar-refractivity contribution in [2.45, 2.75) is 13.8 Å². The third-order valence-corrected chi connectivity index (χ3v) is 2.16. The van der Waals surface area contributed by atoms with E-state index in [0.29, 0.717) is 5.56 Å². The summed E-state index contributed by atoms with van der Waals surface area (Å²) in [6, 6.07) is 4.52. The molecule has 0 aliphatic rings. The lowest BCUT2D eigenvalue weighted by molar-refractivity contribution is -0.386. The molecular weight excluding hydrogens is 250 g/mol. The minimum atomic E-state index is -0.703. The van der Waals surface area contributed by atoms with Crippen molar-refractivity contribution in [2.24, 2.45) is 0 Å². The summed E-state index contributed by atoms with van der Waals surface area (Å²) in [5.74, 6) is 0. The van der Waals surface area contributed by atoms with Crippen LogP contribution in [-0.4, -0.2) is 14.9 Å². The number of nitrogens with zero attached hydrogens (tertiary/aromatic N) is 1. The fraction of sp³-hybridized carbons (Fsp3) is 0.167. The Labute approximate surface area is 108 Å². The van der Waals surface area contributed by atoms with Crippen molar-refractivity contribution >= 4 is 5.69 Å². The van der Waals surface area contributed by atoms with Gasteiger partial charge in [0.1, 0.15) is 0 Å². The number of pyridine rings is 2. The summed E-state index contributed by atoms with van der Waals surface area (Å²) in [7, 11) is 0. The minimum absolute atomic E-state index is 0.0457. The van der Waals surface area contributed by atoms with Gasteiger partial charge in [-0.2, -0.15) is 0 Å². The third kappa shape index (κ3) is 4.58. The van der Waals surface area contributed by atoms with E-state index < -0.39 is 16.2 Å². The lowest BCUT2D eigenvalue weighted by Gasteiger charge is -1.90. The fourth-order valence-electron chi connectivity index (χ4n) is 1.20. The summed E-state index contributed by atoms with van der Waals surface area (Å²) in [6.45, 7) is 3.60. The molecule has 0 bridgehead atoms. The Morgan fingerprint density at radius 2 is 1.68 bits per heavy atom.